The summed E-state index contributed by atoms with van der Waals surface area (Å²) >= 11 is 0. The van der Waals surface area contributed by atoms with Gasteiger partial charge in [0, 0.05) is 12.5 Å². The molecule has 1 aliphatic rings. The number of ether oxygens (including phenoxy) is 2. The number of carbonyl (C=O) groups is 1. The number of nitrogens with two attached hydrogens (primary N) is 1. The average Bonchev–Trinajstić information content (AvgIpc) is 2.38. The van der Waals surface area contributed by atoms with Gasteiger partial charge in [-0.2, -0.15) is 0 Å². The first kappa shape index (κ1) is 13.8. The van der Waals surface area contributed by atoms with Crippen molar-refractivity contribution in [1.82, 2.24) is 0 Å². The lowest BCUT2D eigenvalue weighted by molar-refractivity contribution is -0.149. The van der Waals surface area contributed by atoms with E-state index in [1.54, 1.807) is 12.1 Å². The molecule has 0 saturated heterocycles. The maximum absolute atomic E-state index is 13.1. The summed E-state index contributed by atoms with van der Waals surface area (Å²) in [6, 6.07) is 5.96. The van der Waals surface area contributed by atoms with Crippen molar-refractivity contribution in [2.24, 2.45) is 5.73 Å². The Balaban J connectivity index is 2.04. The van der Waals surface area contributed by atoms with Crippen LogP contribution in [0.3, 0.4) is 0 Å². The zero-order chi connectivity index (χ0) is 13.9. The van der Waals surface area contributed by atoms with Crippen LogP contribution in [-0.2, 0) is 9.53 Å². The summed E-state index contributed by atoms with van der Waals surface area (Å²) < 4.78 is 23.5. The molecule has 0 heterocycles. The van der Waals surface area contributed by atoms with Gasteiger partial charge in [-0.1, -0.05) is 6.07 Å². The van der Waals surface area contributed by atoms with Gasteiger partial charge >= 0.3 is 5.97 Å². The van der Waals surface area contributed by atoms with Crippen LogP contribution in [0, 0.1) is 5.82 Å². The molecule has 1 aromatic carbocycles. The van der Waals surface area contributed by atoms with Gasteiger partial charge in [0.1, 0.15) is 23.2 Å². The van der Waals surface area contributed by atoms with E-state index in [1.165, 1.54) is 19.2 Å². The van der Waals surface area contributed by atoms with E-state index in [-0.39, 0.29) is 11.9 Å². The molecule has 1 aliphatic carbocycles. The van der Waals surface area contributed by atoms with Crippen molar-refractivity contribution in [3.63, 3.8) is 0 Å². The summed E-state index contributed by atoms with van der Waals surface area (Å²) in [5.41, 5.74) is 5.06. The lowest BCUT2D eigenvalue weighted by Gasteiger charge is -2.35. The third-order valence-electron chi connectivity index (χ3n) is 3.43. The monoisotopic (exact) mass is 267 g/mol. The van der Waals surface area contributed by atoms with Gasteiger partial charge in [0.15, 0.2) is 0 Å². The van der Waals surface area contributed by atoms with Gasteiger partial charge in [-0.25, -0.2) is 4.39 Å². The second-order valence-electron chi connectivity index (χ2n) is 4.94. The third-order valence-corrected chi connectivity index (χ3v) is 3.43. The highest BCUT2D eigenvalue weighted by Gasteiger charge is 2.41. The van der Waals surface area contributed by atoms with Crippen molar-refractivity contribution in [2.45, 2.75) is 37.3 Å². The molecule has 19 heavy (non-hydrogen) atoms. The predicted molar refractivity (Wildman–Crippen MR) is 68.2 cm³/mol. The highest BCUT2D eigenvalue weighted by Crippen LogP contribution is 2.30. The largest absolute Gasteiger partial charge is 0.490 e. The fraction of sp³-hybridized carbons (Fsp3) is 0.500. The quantitative estimate of drug-likeness (QED) is 0.851. The molecule has 0 spiro atoms. The predicted octanol–water partition coefficient (Wildman–Crippen LogP) is 2.02. The molecule has 1 aromatic rings. The van der Waals surface area contributed by atoms with E-state index >= 15 is 0 Å². The number of methoxy groups -OCH3 is 1. The molecule has 1 saturated carbocycles. The summed E-state index contributed by atoms with van der Waals surface area (Å²) in [5, 5.41) is 0. The molecule has 2 atom stereocenters. The standard InChI is InChI=1S/C14H18FNO3/c1-18-13(17)14(16)7-3-6-12(9-14)19-11-5-2-4-10(15)8-11/h2,4-5,8,12H,3,6-7,9,16H2,1H3. The van der Waals surface area contributed by atoms with Crippen molar-refractivity contribution in [2.75, 3.05) is 7.11 Å². The highest BCUT2D eigenvalue weighted by molar-refractivity contribution is 5.80. The van der Waals surface area contributed by atoms with Crippen molar-refractivity contribution in [3.05, 3.63) is 30.1 Å². The molecule has 0 radical (unpaired) electrons. The van der Waals surface area contributed by atoms with Gasteiger partial charge < -0.3 is 15.2 Å². The topological polar surface area (TPSA) is 61.5 Å². The minimum absolute atomic E-state index is 0.195. The fourth-order valence-corrected chi connectivity index (χ4v) is 2.48. The smallest absolute Gasteiger partial charge is 0.325 e. The first-order valence-electron chi connectivity index (χ1n) is 6.33. The molecule has 0 aliphatic heterocycles. The zero-order valence-corrected chi connectivity index (χ0v) is 10.9. The molecular formula is C14H18FNO3. The number of hydrogen-bond acceptors (Lipinski definition) is 4. The molecule has 104 valence electrons. The molecule has 4 nitrogen and oxygen atoms in total. The highest BCUT2D eigenvalue weighted by atomic mass is 19.1. The van der Waals surface area contributed by atoms with Gasteiger partial charge in [0.2, 0.25) is 0 Å². The molecule has 2 rings (SSSR count). The van der Waals surface area contributed by atoms with E-state index in [4.69, 9.17) is 15.2 Å². The fourth-order valence-electron chi connectivity index (χ4n) is 2.48. The van der Waals surface area contributed by atoms with Gasteiger partial charge in [-0.05, 0) is 31.4 Å². The Morgan fingerprint density at radius 2 is 2.32 bits per heavy atom. The number of esters is 1. The van der Waals surface area contributed by atoms with E-state index in [2.05, 4.69) is 0 Å². The van der Waals surface area contributed by atoms with Gasteiger partial charge in [-0.3, -0.25) is 4.79 Å². The van der Waals surface area contributed by atoms with E-state index < -0.39 is 11.5 Å². The molecule has 0 aromatic heterocycles. The van der Waals surface area contributed by atoms with Crippen molar-refractivity contribution >= 4 is 5.97 Å². The summed E-state index contributed by atoms with van der Waals surface area (Å²) in [4.78, 5) is 11.7. The molecule has 0 bridgehead atoms. The Labute approximate surface area is 111 Å². The Bertz CT molecular complexity index is 466. The van der Waals surface area contributed by atoms with Crippen LogP contribution < -0.4 is 10.5 Å². The van der Waals surface area contributed by atoms with Gasteiger partial charge in [-0.15, -0.1) is 0 Å². The lowest BCUT2D eigenvalue weighted by atomic mass is 9.81. The number of carbonyl (C=O) groups excluding carboxylic acids is 1. The Kier molecular flexibility index (Phi) is 4.04. The van der Waals surface area contributed by atoms with Crippen LogP contribution in [0.2, 0.25) is 0 Å². The Morgan fingerprint density at radius 3 is 3.00 bits per heavy atom. The molecule has 2 N–H and O–H groups in total. The van der Waals surface area contributed by atoms with E-state index in [0.29, 0.717) is 18.6 Å². The van der Waals surface area contributed by atoms with Crippen LogP contribution in [-0.4, -0.2) is 24.7 Å². The number of rotatable bonds is 3. The van der Waals surface area contributed by atoms with Gasteiger partial charge in [0.05, 0.1) is 7.11 Å². The third kappa shape index (κ3) is 3.23. The van der Waals surface area contributed by atoms with Crippen LogP contribution in [0.5, 0.6) is 5.75 Å². The minimum atomic E-state index is -0.995. The average molecular weight is 267 g/mol. The number of benzene rings is 1. The number of hydrogen-bond donors (Lipinski definition) is 1. The summed E-state index contributed by atoms with van der Waals surface area (Å²) in [6.45, 7) is 0. The first-order chi connectivity index (χ1) is 9.03. The second-order valence-corrected chi connectivity index (χ2v) is 4.94. The normalized spacial score (nSPS) is 26.8. The van der Waals surface area contributed by atoms with E-state index in [9.17, 15) is 9.18 Å². The Hall–Kier alpha value is -1.62. The van der Waals surface area contributed by atoms with Crippen LogP contribution in [0.1, 0.15) is 25.7 Å². The van der Waals surface area contributed by atoms with Gasteiger partial charge in [0.25, 0.3) is 0 Å². The SMILES string of the molecule is COC(=O)C1(N)CCCC(Oc2cccc(F)c2)C1. The van der Waals surface area contributed by atoms with Crippen LogP contribution in [0.15, 0.2) is 24.3 Å². The van der Waals surface area contributed by atoms with Crippen LogP contribution in [0.4, 0.5) is 4.39 Å². The zero-order valence-electron chi connectivity index (χ0n) is 10.9. The van der Waals surface area contributed by atoms with E-state index in [0.717, 1.165) is 12.8 Å². The molecule has 0 amide bonds. The summed E-state index contributed by atoms with van der Waals surface area (Å²) in [5.74, 6) is -0.306. The van der Waals surface area contributed by atoms with E-state index in [1.807, 2.05) is 0 Å². The lowest BCUT2D eigenvalue weighted by Crippen LogP contribution is -2.54. The Morgan fingerprint density at radius 1 is 1.53 bits per heavy atom. The minimum Gasteiger partial charge on any atom is -0.490 e. The molecular weight excluding hydrogens is 249 g/mol. The van der Waals surface area contributed by atoms with Crippen LogP contribution in [0.25, 0.3) is 0 Å². The first-order valence-corrected chi connectivity index (χ1v) is 6.33. The summed E-state index contributed by atoms with van der Waals surface area (Å²) in [7, 11) is 1.33. The maximum atomic E-state index is 13.1. The molecule has 1 fully saturated rings. The van der Waals surface area contributed by atoms with Crippen molar-refractivity contribution in [1.29, 1.82) is 0 Å². The van der Waals surface area contributed by atoms with Crippen LogP contribution >= 0.6 is 0 Å². The second kappa shape index (κ2) is 5.57. The molecule has 5 heteroatoms. The van der Waals surface area contributed by atoms with Crippen molar-refractivity contribution in [3.8, 4) is 5.75 Å². The number of halogens is 1. The summed E-state index contributed by atoms with van der Waals surface area (Å²) in [6.07, 6.45) is 2.36. The van der Waals surface area contributed by atoms with Crippen molar-refractivity contribution < 1.29 is 18.7 Å². The molecule has 2 unspecified atom stereocenters. The maximum Gasteiger partial charge on any atom is 0.325 e.